The summed E-state index contributed by atoms with van der Waals surface area (Å²) in [6.45, 7) is 4.58. The Hall–Kier alpha value is -0.430. The van der Waals surface area contributed by atoms with Crippen LogP contribution in [0, 0.1) is 5.92 Å². The van der Waals surface area contributed by atoms with Gasteiger partial charge in [-0.2, -0.15) is 11.8 Å². The van der Waals surface area contributed by atoms with E-state index in [0.29, 0.717) is 0 Å². The lowest BCUT2D eigenvalue weighted by atomic mass is 9.98. The Balaban J connectivity index is 2.63. The van der Waals surface area contributed by atoms with Gasteiger partial charge in [-0.25, -0.2) is 0 Å². The zero-order chi connectivity index (χ0) is 10.4. The van der Waals surface area contributed by atoms with Crippen molar-refractivity contribution in [3.8, 4) is 0 Å². The number of hydrogen-bond acceptors (Lipinski definition) is 1. The second kappa shape index (κ2) is 6.13. The van der Waals surface area contributed by atoms with Gasteiger partial charge < -0.3 is 0 Å². The predicted octanol–water partition coefficient (Wildman–Crippen LogP) is 4.14. The van der Waals surface area contributed by atoms with Gasteiger partial charge in [-0.3, -0.25) is 0 Å². The number of hydrogen-bond donors (Lipinski definition) is 0. The quantitative estimate of drug-likeness (QED) is 0.701. The van der Waals surface area contributed by atoms with Gasteiger partial charge in [-0.05, 0) is 29.7 Å². The van der Waals surface area contributed by atoms with Crippen LogP contribution in [0.4, 0.5) is 0 Å². The number of rotatable bonds is 5. The van der Waals surface area contributed by atoms with Gasteiger partial charge in [-0.15, -0.1) is 0 Å². The van der Waals surface area contributed by atoms with Gasteiger partial charge in [0.05, 0.1) is 0 Å². The van der Waals surface area contributed by atoms with Gasteiger partial charge in [0.15, 0.2) is 0 Å². The maximum atomic E-state index is 2.35. The van der Waals surface area contributed by atoms with Gasteiger partial charge >= 0.3 is 0 Å². The van der Waals surface area contributed by atoms with Crippen LogP contribution in [0.5, 0.6) is 0 Å². The summed E-state index contributed by atoms with van der Waals surface area (Å²) in [6, 6.07) is 9.00. The van der Waals surface area contributed by atoms with E-state index in [4.69, 9.17) is 0 Å². The van der Waals surface area contributed by atoms with Crippen molar-refractivity contribution in [1.29, 1.82) is 0 Å². The van der Waals surface area contributed by atoms with Crippen LogP contribution in [0.25, 0.3) is 0 Å². The molecular formula is C13H20S. The van der Waals surface area contributed by atoms with Crippen molar-refractivity contribution in [1.82, 2.24) is 0 Å². The Labute approximate surface area is 92.1 Å². The summed E-state index contributed by atoms with van der Waals surface area (Å²) in [5.74, 6) is 1.94. The van der Waals surface area contributed by atoms with E-state index in [2.05, 4.69) is 44.4 Å². The molecule has 0 aliphatic carbocycles. The van der Waals surface area contributed by atoms with Crippen molar-refractivity contribution in [3.05, 3.63) is 35.4 Å². The highest BCUT2D eigenvalue weighted by Crippen LogP contribution is 2.15. The van der Waals surface area contributed by atoms with Crippen LogP contribution in [0.3, 0.4) is 0 Å². The SMILES string of the molecule is CCC(C)Cc1cccc(CSC)c1. The summed E-state index contributed by atoms with van der Waals surface area (Å²) in [5, 5.41) is 0. The van der Waals surface area contributed by atoms with Crippen LogP contribution in [0.2, 0.25) is 0 Å². The van der Waals surface area contributed by atoms with Crippen molar-refractivity contribution < 1.29 is 0 Å². The molecule has 0 radical (unpaired) electrons. The Bertz CT molecular complexity index is 268. The molecule has 0 saturated carbocycles. The van der Waals surface area contributed by atoms with Crippen molar-refractivity contribution in [2.45, 2.75) is 32.4 Å². The normalized spacial score (nSPS) is 12.8. The van der Waals surface area contributed by atoms with Crippen LogP contribution >= 0.6 is 11.8 Å². The van der Waals surface area contributed by atoms with Crippen LogP contribution in [-0.4, -0.2) is 6.26 Å². The molecule has 0 bridgehead atoms. The molecular weight excluding hydrogens is 188 g/mol. The largest absolute Gasteiger partial charge is 0.161 e. The van der Waals surface area contributed by atoms with Gasteiger partial charge in [0, 0.05) is 5.75 Å². The van der Waals surface area contributed by atoms with E-state index in [1.807, 2.05) is 11.8 Å². The molecule has 78 valence electrons. The minimum absolute atomic E-state index is 0.805. The average molecular weight is 208 g/mol. The van der Waals surface area contributed by atoms with Gasteiger partial charge in [-0.1, -0.05) is 44.5 Å². The average Bonchev–Trinajstić information content (AvgIpc) is 2.19. The molecule has 1 heteroatoms. The van der Waals surface area contributed by atoms with Crippen LogP contribution in [-0.2, 0) is 12.2 Å². The molecule has 0 amide bonds. The van der Waals surface area contributed by atoms with Crippen molar-refractivity contribution in [2.24, 2.45) is 5.92 Å². The van der Waals surface area contributed by atoms with E-state index in [1.165, 1.54) is 24.0 Å². The van der Waals surface area contributed by atoms with Crippen LogP contribution < -0.4 is 0 Å². The van der Waals surface area contributed by atoms with Crippen LogP contribution in [0.15, 0.2) is 24.3 Å². The molecule has 0 aliphatic heterocycles. The third-order valence-electron chi connectivity index (χ3n) is 2.58. The first-order chi connectivity index (χ1) is 6.76. The molecule has 1 aromatic carbocycles. The third kappa shape index (κ3) is 3.75. The number of thioether (sulfide) groups is 1. The lowest BCUT2D eigenvalue weighted by Crippen LogP contribution is -1.98. The van der Waals surface area contributed by atoms with Crippen molar-refractivity contribution in [3.63, 3.8) is 0 Å². The number of benzene rings is 1. The molecule has 0 aromatic heterocycles. The smallest absolute Gasteiger partial charge is 0.0181 e. The molecule has 1 aromatic rings. The topological polar surface area (TPSA) is 0 Å². The van der Waals surface area contributed by atoms with E-state index in [0.717, 1.165) is 11.7 Å². The standard InChI is InChI=1S/C13H20S/c1-4-11(2)8-12-6-5-7-13(9-12)10-14-3/h5-7,9,11H,4,8,10H2,1-3H3. The van der Waals surface area contributed by atoms with E-state index < -0.39 is 0 Å². The Morgan fingerprint density at radius 1 is 1.29 bits per heavy atom. The monoisotopic (exact) mass is 208 g/mol. The van der Waals surface area contributed by atoms with Gasteiger partial charge in [0.1, 0.15) is 0 Å². The summed E-state index contributed by atoms with van der Waals surface area (Å²) in [6.07, 6.45) is 4.65. The Morgan fingerprint density at radius 2 is 2.00 bits per heavy atom. The fraction of sp³-hybridized carbons (Fsp3) is 0.538. The van der Waals surface area contributed by atoms with E-state index in [9.17, 15) is 0 Å². The minimum atomic E-state index is 0.805. The molecule has 0 nitrogen and oxygen atoms in total. The molecule has 0 aliphatic rings. The zero-order valence-corrected chi connectivity index (χ0v) is 10.2. The Kier molecular flexibility index (Phi) is 5.10. The molecule has 1 atom stereocenters. The van der Waals surface area contributed by atoms with Crippen molar-refractivity contribution in [2.75, 3.05) is 6.26 Å². The van der Waals surface area contributed by atoms with Gasteiger partial charge in [0.2, 0.25) is 0 Å². The second-order valence-electron chi connectivity index (χ2n) is 3.97. The summed E-state index contributed by atoms with van der Waals surface area (Å²) in [7, 11) is 0. The first-order valence-corrected chi connectivity index (χ1v) is 6.72. The lowest BCUT2D eigenvalue weighted by Gasteiger charge is -2.09. The molecule has 0 heterocycles. The molecule has 1 unspecified atom stereocenters. The summed E-state index contributed by atoms with van der Waals surface area (Å²) in [5.41, 5.74) is 2.95. The predicted molar refractivity (Wildman–Crippen MR) is 66.8 cm³/mol. The minimum Gasteiger partial charge on any atom is -0.161 e. The maximum Gasteiger partial charge on any atom is 0.0181 e. The van der Waals surface area contributed by atoms with E-state index in [1.54, 1.807) is 0 Å². The lowest BCUT2D eigenvalue weighted by molar-refractivity contribution is 0.560. The molecule has 1 rings (SSSR count). The second-order valence-corrected chi connectivity index (χ2v) is 4.84. The van der Waals surface area contributed by atoms with E-state index >= 15 is 0 Å². The zero-order valence-electron chi connectivity index (χ0n) is 9.42. The molecule has 0 fully saturated rings. The molecule has 0 saturated heterocycles. The molecule has 0 N–H and O–H groups in total. The van der Waals surface area contributed by atoms with Crippen LogP contribution in [0.1, 0.15) is 31.4 Å². The third-order valence-corrected chi connectivity index (χ3v) is 3.21. The molecule has 0 spiro atoms. The first-order valence-electron chi connectivity index (χ1n) is 5.33. The fourth-order valence-electron chi connectivity index (χ4n) is 1.56. The summed E-state index contributed by atoms with van der Waals surface area (Å²) in [4.78, 5) is 0. The maximum absolute atomic E-state index is 2.35. The first kappa shape index (κ1) is 11.6. The van der Waals surface area contributed by atoms with Gasteiger partial charge in [0.25, 0.3) is 0 Å². The highest BCUT2D eigenvalue weighted by Gasteiger charge is 2.01. The van der Waals surface area contributed by atoms with Crippen molar-refractivity contribution >= 4 is 11.8 Å². The fourth-order valence-corrected chi connectivity index (χ4v) is 2.07. The van der Waals surface area contributed by atoms with E-state index in [-0.39, 0.29) is 0 Å². The summed E-state index contributed by atoms with van der Waals surface area (Å²) < 4.78 is 0. The highest BCUT2D eigenvalue weighted by molar-refractivity contribution is 7.97. The highest BCUT2D eigenvalue weighted by atomic mass is 32.2. The molecule has 14 heavy (non-hydrogen) atoms. The summed E-state index contributed by atoms with van der Waals surface area (Å²) >= 11 is 1.89. The Morgan fingerprint density at radius 3 is 2.64 bits per heavy atom.